The molecule has 1 atom stereocenters. The first-order valence-corrected chi connectivity index (χ1v) is 8.40. The molecule has 5 nitrogen and oxygen atoms in total. The number of nitrogens with one attached hydrogen (secondary N) is 2. The van der Waals surface area contributed by atoms with Crippen LogP contribution in [0.2, 0.25) is 0 Å². The van der Waals surface area contributed by atoms with E-state index >= 15 is 0 Å². The van der Waals surface area contributed by atoms with Crippen LogP contribution >= 0.6 is 0 Å². The van der Waals surface area contributed by atoms with Gasteiger partial charge in [0, 0.05) is 24.7 Å². The molecule has 0 spiro atoms. The summed E-state index contributed by atoms with van der Waals surface area (Å²) in [5, 5.41) is 2.99. The van der Waals surface area contributed by atoms with Crippen molar-refractivity contribution in [3.63, 3.8) is 0 Å². The maximum Gasteiger partial charge on any atom is 0.240 e. The van der Waals surface area contributed by atoms with Crippen LogP contribution in [0.15, 0.2) is 23.1 Å². The Labute approximate surface area is 126 Å². The molecule has 0 aliphatic carbocycles. The molecule has 0 heterocycles. The standard InChI is InChI=1S/C14H24FN3O2S/c1-5-16-9-12-8-13(6-7-14(12)15)21(19,20)17-11(2)10-18(3)4/h6-8,11,16-17H,5,9-10H2,1-4H3. The van der Waals surface area contributed by atoms with Gasteiger partial charge in [-0.3, -0.25) is 0 Å². The maximum absolute atomic E-state index is 13.7. The zero-order valence-electron chi connectivity index (χ0n) is 13.0. The molecular weight excluding hydrogens is 293 g/mol. The first kappa shape index (κ1) is 18.0. The van der Waals surface area contributed by atoms with Crippen LogP contribution in [0, 0.1) is 5.82 Å². The van der Waals surface area contributed by atoms with Gasteiger partial charge in [0.1, 0.15) is 5.82 Å². The molecule has 0 saturated heterocycles. The number of hydrogen-bond donors (Lipinski definition) is 2. The largest absolute Gasteiger partial charge is 0.313 e. The normalized spacial score (nSPS) is 13.6. The van der Waals surface area contributed by atoms with Crippen LogP contribution < -0.4 is 10.0 Å². The predicted molar refractivity (Wildman–Crippen MR) is 82.1 cm³/mol. The zero-order valence-corrected chi connectivity index (χ0v) is 13.8. The van der Waals surface area contributed by atoms with Crippen molar-refractivity contribution in [3.05, 3.63) is 29.6 Å². The zero-order chi connectivity index (χ0) is 16.0. The first-order valence-electron chi connectivity index (χ1n) is 6.92. The predicted octanol–water partition coefficient (Wildman–Crippen LogP) is 1.16. The molecule has 21 heavy (non-hydrogen) atoms. The Balaban J connectivity index is 2.92. The van der Waals surface area contributed by atoms with E-state index in [0.29, 0.717) is 25.2 Å². The van der Waals surface area contributed by atoms with Crippen molar-refractivity contribution in [1.82, 2.24) is 14.9 Å². The lowest BCUT2D eigenvalue weighted by Gasteiger charge is -2.18. The topological polar surface area (TPSA) is 61.4 Å². The summed E-state index contributed by atoms with van der Waals surface area (Å²) in [6.45, 7) is 5.28. The van der Waals surface area contributed by atoms with Crippen LogP contribution in [-0.2, 0) is 16.6 Å². The van der Waals surface area contributed by atoms with Gasteiger partial charge in [-0.25, -0.2) is 17.5 Å². The summed E-state index contributed by atoms with van der Waals surface area (Å²) in [4.78, 5) is 1.98. The molecular formula is C14H24FN3O2S. The van der Waals surface area contributed by atoms with E-state index in [1.165, 1.54) is 18.2 Å². The van der Waals surface area contributed by atoms with Gasteiger partial charge in [-0.1, -0.05) is 6.92 Å². The summed E-state index contributed by atoms with van der Waals surface area (Å²) in [6.07, 6.45) is 0. The molecule has 1 aromatic carbocycles. The van der Waals surface area contributed by atoms with E-state index < -0.39 is 15.8 Å². The van der Waals surface area contributed by atoms with Crippen LogP contribution in [0.3, 0.4) is 0 Å². The first-order chi connectivity index (χ1) is 9.76. The second-order valence-electron chi connectivity index (χ2n) is 5.32. The van der Waals surface area contributed by atoms with Gasteiger partial charge < -0.3 is 10.2 Å². The number of likely N-dealkylation sites (N-methyl/N-ethyl adjacent to an activating group) is 1. The number of nitrogens with zero attached hydrogens (tertiary/aromatic N) is 1. The molecule has 1 unspecified atom stereocenters. The monoisotopic (exact) mass is 317 g/mol. The Bertz CT molecular complexity index is 561. The van der Waals surface area contributed by atoms with Crippen LogP contribution in [0.4, 0.5) is 4.39 Å². The Hall–Kier alpha value is -1.02. The lowest BCUT2D eigenvalue weighted by molar-refractivity contribution is 0.370. The van der Waals surface area contributed by atoms with Crippen molar-refractivity contribution in [3.8, 4) is 0 Å². The van der Waals surface area contributed by atoms with E-state index in [1.54, 1.807) is 6.92 Å². The van der Waals surface area contributed by atoms with Crippen molar-refractivity contribution >= 4 is 10.0 Å². The van der Waals surface area contributed by atoms with E-state index in [-0.39, 0.29) is 10.9 Å². The van der Waals surface area contributed by atoms with Crippen LogP contribution in [0.5, 0.6) is 0 Å². The quantitative estimate of drug-likeness (QED) is 0.755. The lowest BCUT2D eigenvalue weighted by Crippen LogP contribution is -2.39. The molecule has 0 aliphatic heterocycles. The fourth-order valence-electron chi connectivity index (χ4n) is 2.03. The lowest BCUT2D eigenvalue weighted by atomic mass is 10.2. The minimum absolute atomic E-state index is 0.0856. The molecule has 1 aromatic rings. The van der Waals surface area contributed by atoms with E-state index in [2.05, 4.69) is 10.0 Å². The Morgan fingerprint density at radius 3 is 2.57 bits per heavy atom. The molecule has 0 radical (unpaired) electrons. The highest BCUT2D eigenvalue weighted by Gasteiger charge is 2.19. The third kappa shape index (κ3) is 5.70. The van der Waals surface area contributed by atoms with Crippen LogP contribution in [-0.4, -0.2) is 46.5 Å². The molecule has 0 amide bonds. The summed E-state index contributed by atoms with van der Waals surface area (Å²) in [5.41, 5.74) is 0.347. The van der Waals surface area contributed by atoms with Gasteiger partial charge in [-0.2, -0.15) is 0 Å². The second kappa shape index (κ2) is 7.84. The Morgan fingerprint density at radius 1 is 1.33 bits per heavy atom. The minimum Gasteiger partial charge on any atom is -0.313 e. The fourth-order valence-corrected chi connectivity index (χ4v) is 3.32. The van der Waals surface area contributed by atoms with Crippen molar-refractivity contribution < 1.29 is 12.8 Å². The maximum atomic E-state index is 13.7. The molecule has 0 fully saturated rings. The van der Waals surface area contributed by atoms with E-state index in [0.717, 1.165) is 0 Å². The SMILES string of the molecule is CCNCc1cc(S(=O)(=O)NC(C)CN(C)C)ccc1F. The molecule has 0 saturated carbocycles. The number of rotatable bonds is 8. The van der Waals surface area contributed by atoms with Crippen molar-refractivity contribution in [2.75, 3.05) is 27.2 Å². The summed E-state index contributed by atoms with van der Waals surface area (Å²) in [6, 6.07) is 3.63. The molecule has 2 N–H and O–H groups in total. The summed E-state index contributed by atoms with van der Waals surface area (Å²) in [5.74, 6) is -0.406. The van der Waals surface area contributed by atoms with Crippen molar-refractivity contribution in [2.24, 2.45) is 0 Å². The number of halogens is 1. The summed E-state index contributed by atoms with van der Waals surface area (Å²) < 4.78 is 40.8. The molecule has 7 heteroatoms. The smallest absolute Gasteiger partial charge is 0.240 e. The average molecular weight is 317 g/mol. The third-order valence-corrected chi connectivity index (χ3v) is 4.48. The number of benzene rings is 1. The summed E-state index contributed by atoms with van der Waals surface area (Å²) >= 11 is 0. The molecule has 0 aliphatic rings. The van der Waals surface area contributed by atoms with Crippen LogP contribution in [0.1, 0.15) is 19.4 Å². The van der Waals surface area contributed by atoms with E-state index in [9.17, 15) is 12.8 Å². The third-order valence-electron chi connectivity index (χ3n) is 2.89. The fraction of sp³-hybridized carbons (Fsp3) is 0.571. The van der Waals surface area contributed by atoms with Gasteiger partial charge in [0.2, 0.25) is 10.0 Å². The van der Waals surface area contributed by atoms with E-state index in [1.807, 2.05) is 25.9 Å². The second-order valence-corrected chi connectivity index (χ2v) is 7.03. The highest BCUT2D eigenvalue weighted by atomic mass is 32.2. The summed E-state index contributed by atoms with van der Waals surface area (Å²) in [7, 11) is 0.104. The molecule has 120 valence electrons. The van der Waals surface area contributed by atoms with Gasteiger partial charge in [0.25, 0.3) is 0 Å². The Morgan fingerprint density at radius 2 is 2.00 bits per heavy atom. The van der Waals surface area contributed by atoms with E-state index in [4.69, 9.17) is 0 Å². The number of sulfonamides is 1. The Kier molecular flexibility index (Phi) is 6.73. The van der Waals surface area contributed by atoms with Crippen molar-refractivity contribution in [1.29, 1.82) is 0 Å². The van der Waals surface area contributed by atoms with Gasteiger partial charge >= 0.3 is 0 Å². The van der Waals surface area contributed by atoms with Gasteiger partial charge in [0.15, 0.2) is 0 Å². The van der Waals surface area contributed by atoms with Crippen LogP contribution in [0.25, 0.3) is 0 Å². The molecule has 0 bridgehead atoms. The number of hydrogen-bond acceptors (Lipinski definition) is 4. The van der Waals surface area contributed by atoms with Gasteiger partial charge in [-0.15, -0.1) is 0 Å². The molecule has 0 aromatic heterocycles. The van der Waals surface area contributed by atoms with Gasteiger partial charge in [-0.05, 0) is 45.8 Å². The highest BCUT2D eigenvalue weighted by molar-refractivity contribution is 7.89. The van der Waals surface area contributed by atoms with Gasteiger partial charge in [0.05, 0.1) is 4.90 Å². The minimum atomic E-state index is -3.64. The molecule has 1 rings (SSSR count). The van der Waals surface area contributed by atoms with Crippen molar-refractivity contribution in [2.45, 2.75) is 31.3 Å². The highest BCUT2D eigenvalue weighted by Crippen LogP contribution is 2.15. The average Bonchev–Trinajstić information content (AvgIpc) is 2.35.